The van der Waals surface area contributed by atoms with Gasteiger partial charge in [-0.1, -0.05) is 6.07 Å². The number of Topliss-reactive ketones (excluding diaryl/α,β-unsaturated/α-hetero) is 1. The zero-order valence-electron chi connectivity index (χ0n) is 19.3. The number of aryl methyl sites for hydroxylation is 2. The van der Waals surface area contributed by atoms with E-state index in [0.717, 1.165) is 0 Å². The quantitative estimate of drug-likeness (QED) is 0.380. The Morgan fingerprint density at radius 1 is 1.19 bits per heavy atom. The molecule has 1 atom stereocenters. The van der Waals surface area contributed by atoms with Gasteiger partial charge in [-0.25, -0.2) is 0 Å². The molecule has 9 heteroatoms. The molecule has 1 fully saturated rings. The molecule has 0 radical (unpaired) electrons. The highest BCUT2D eigenvalue weighted by molar-refractivity contribution is 6.46. The summed E-state index contributed by atoms with van der Waals surface area (Å²) in [7, 11) is 4.80. The van der Waals surface area contributed by atoms with Gasteiger partial charge in [0.15, 0.2) is 11.5 Å². The van der Waals surface area contributed by atoms with E-state index in [1.165, 1.54) is 19.1 Å². The lowest BCUT2D eigenvalue weighted by molar-refractivity contribution is -0.140. The van der Waals surface area contributed by atoms with Crippen molar-refractivity contribution in [1.82, 2.24) is 14.7 Å². The predicted octanol–water partition coefficient (Wildman–Crippen LogP) is 2.51. The molecule has 2 aromatic rings. The zero-order valence-corrected chi connectivity index (χ0v) is 19.3. The largest absolute Gasteiger partial charge is 0.507 e. The molecule has 0 bridgehead atoms. The van der Waals surface area contributed by atoms with Gasteiger partial charge < -0.3 is 24.2 Å². The monoisotopic (exact) mass is 443 g/mol. The van der Waals surface area contributed by atoms with Gasteiger partial charge in [0.1, 0.15) is 5.76 Å². The van der Waals surface area contributed by atoms with Crippen LogP contribution in [-0.2, 0) is 21.4 Å². The first-order chi connectivity index (χ1) is 15.3. The van der Waals surface area contributed by atoms with Crippen LogP contribution in [0.5, 0.6) is 11.5 Å². The predicted molar refractivity (Wildman–Crippen MR) is 118 cm³/mol. The van der Waals surface area contributed by atoms with Gasteiger partial charge in [0.2, 0.25) is 0 Å². The summed E-state index contributed by atoms with van der Waals surface area (Å²) in [5, 5.41) is 15.6. The number of nitrogens with zero attached hydrogens (tertiary/aromatic N) is 3. The van der Waals surface area contributed by atoms with Crippen molar-refractivity contribution in [3.63, 3.8) is 0 Å². The number of ketones is 1. The van der Waals surface area contributed by atoms with Gasteiger partial charge in [-0.2, -0.15) is 5.10 Å². The maximum absolute atomic E-state index is 13.1. The third-order valence-corrected chi connectivity index (χ3v) is 5.63. The summed E-state index contributed by atoms with van der Waals surface area (Å²) < 4.78 is 17.8. The second kappa shape index (κ2) is 9.44. The minimum atomic E-state index is -0.811. The summed E-state index contributed by atoms with van der Waals surface area (Å²) in [4.78, 5) is 27.4. The van der Waals surface area contributed by atoms with Gasteiger partial charge >= 0.3 is 0 Å². The number of carbonyl (C=O) groups is 2. The molecule has 0 saturated carbocycles. The minimum absolute atomic E-state index is 0.0107. The second-order valence-corrected chi connectivity index (χ2v) is 7.50. The van der Waals surface area contributed by atoms with Crippen LogP contribution < -0.4 is 9.47 Å². The van der Waals surface area contributed by atoms with Crippen LogP contribution in [0.15, 0.2) is 23.8 Å². The third kappa shape index (κ3) is 3.95. The van der Waals surface area contributed by atoms with Crippen LogP contribution in [0.2, 0.25) is 0 Å². The normalized spacial score (nSPS) is 17.8. The fourth-order valence-electron chi connectivity index (χ4n) is 4.03. The molecule has 0 aliphatic carbocycles. The van der Waals surface area contributed by atoms with E-state index in [4.69, 9.17) is 14.2 Å². The number of hydrogen-bond donors (Lipinski definition) is 1. The number of aromatic nitrogens is 2. The van der Waals surface area contributed by atoms with Crippen LogP contribution in [0.25, 0.3) is 5.76 Å². The molecule has 1 aromatic carbocycles. The summed E-state index contributed by atoms with van der Waals surface area (Å²) in [6, 6.07) is 4.40. The number of hydrogen-bond acceptors (Lipinski definition) is 7. The molecule has 1 aliphatic rings. The SMILES string of the molecule is CCOc1ccc(C2/C(=C(\O)c3c(C)nn(C)c3C)C(=O)C(=O)N2CCOC)cc1OC. The lowest BCUT2D eigenvalue weighted by atomic mass is 9.94. The summed E-state index contributed by atoms with van der Waals surface area (Å²) in [5.41, 5.74) is 2.32. The average Bonchev–Trinajstić information content (AvgIpc) is 3.17. The van der Waals surface area contributed by atoms with Crippen LogP contribution in [-0.4, -0.2) is 65.5 Å². The number of carbonyl (C=O) groups excluding carboxylic acids is 2. The van der Waals surface area contributed by atoms with E-state index in [1.807, 2.05) is 6.92 Å². The number of aliphatic hydroxyl groups is 1. The Hall–Kier alpha value is -3.33. The summed E-state index contributed by atoms with van der Waals surface area (Å²) in [6.07, 6.45) is 0. The zero-order chi connectivity index (χ0) is 23.6. The Labute approximate surface area is 187 Å². The van der Waals surface area contributed by atoms with E-state index in [2.05, 4.69) is 5.10 Å². The topological polar surface area (TPSA) is 103 Å². The number of aliphatic hydroxyl groups excluding tert-OH is 1. The molecule has 1 unspecified atom stereocenters. The lowest BCUT2D eigenvalue weighted by Crippen LogP contribution is -2.32. The molecular formula is C23H29N3O6. The van der Waals surface area contributed by atoms with Crippen molar-refractivity contribution in [1.29, 1.82) is 0 Å². The van der Waals surface area contributed by atoms with Crippen molar-refractivity contribution in [3.05, 3.63) is 46.3 Å². The van der Waals surface area contributed by atoms with Crippen LogP contribution in [0, 0.1) is 13.8 Å². The smallest absolute Gasteiger partial charge is 0.295 e. The molecule has 1 N–H and O–H groups in total. The summed E-state index contributed by atoms with van der Waals surface area (Å²) in [6.45, 7) is 6.29. The van der Waals surface area contributed by atoms with E-state index < -0.39 is 17.7 Å². The summed E-state index contributed by atoms with van der Waals surface area (Å²) >= 11 is 0. The van der Waals surface area contributed by atoms with Gasteiger partial charge in [0, 0.05) is 26.4 Å². The van der Waals surface area contributed by atoms with Crippen molar-refractivity contribution in [2.24, 2.45) is 7.05 Å². The van der Waals surface area contributed by atoms with Gasteiger partial charge in [0.25, 0.3) is 11.7 Å². The minimum Gasteiger partial charge on any atom is -0.507 e. The Bertz CT molecular complexity index is 1070. The molecule has 172 valence electrons. The van der Waals surface area contributed by atoms with Crippen molar-refractivity contribution in [3.8, 4) is 11.5 Å². The highest BCUT2D eigenvalue weighted by Gasteiger charge is 2.46. The Morgan fingerprint density at radius 2 is 1.91 bits per heavy atom. The number of methoxy groups -OCH3 is 2. The molecule has 2 heterocycles. The fourth-order valence-corrected chi connectivity index (χ4v) is 4.03. The fraction of sp³-hybridized carbons (Fsp3) is 0.435. The maximum atomic E-state index is 13.1. The third-order valence-electron chi connectivity index (χ3n) is 5.63. The number of amides is 1. The second-order valence-electron chi connectivity index (χ2n) is 7.50. The van der Waals surface area contributed by atoms with Crippen LogP contribution in [0.1, 0.15) is 35.5 Å². The molecule has 32 heavy (non-hydrogen) atoms. The number of benzene rings is 1. The number of likely N-dealkylation sites (tertiary alicyclic amines) is 1. The van der Waals surface area contributed by atoms with Gasteiger partial charge in [-0.05, 0) is 38.5 Å². The Morgan fingerprint density at radius 3 is 2.47 bits per heavy atom. The average molecular weight is 444 g/mol. The van der Waals surface area contributed by atoms with Gasteiger partial charge in [-0.15, -0.1) is 0 Å². The van der Waals surface area contributed by atoms with Gasteiger partial charge in [0.05, 0.1) is 43.2 Å². The lowest BCUT2D eigenvalue weighted by Gasteiger charge is -2.25. The van der Waals surface area contributed by atoms with Crippen molar-refractivity contribution in [2.75, 3.05) is 34.0 Å². The van der Waals surface area contributed by atoms with Crippen molar-refractivity contribution >= 4 is 17.4 Å². The Balaban J connectivity index is 2.23. The van der Waals surface area contributed by atoms with Crippen LogP contribution in [0.3, 0.4) is 0 Å². The first-order valence-corrected chi connectivity index (χ1v) is 10.3. The van der Waals surface area contributed by atoms with E-state index in [-0.39, 0.29) is 24.5 Å². The molecule has 1 saturated heterocycles. The van der Waals surface area contributed by atoms with E-state index in [0.29, 0.717) is 40.6 Å². The number of rotatable bonds is 8. The molecule has 0 spiro atoms. The van der Waals surface area contributed by atoms with Crippen molar-refractivity contribution < 1.29 is 28.9 Å². The highest BCUT2D eigenvalue weighted by atomic mass is 16.5. The molecule has 3 rings (SSSR count). The molecule has 1 aliphatic heterocycles. The van der Waals surface area contributed by atoms with E-state index in [1.54, 1.807) is 43.8 Å². The molecule has 9 nitrogen and oxygen atoms in total. The standard InChI is InChI=1S/C23H29N3O6/c1-7-32-16-9-8-15(12-17(16)31-6)20-19(22(28)23(29)26(20)10-11-30-5)21(27)18-13(2)24-25(4)14(18)3/h8-9,12,20,27H,7,10-11H2,1-6H3/b21-19+. The van der Waals surface area contributed by atoms with Crippen molar-refractivity contribution in [2.45, 2.75) is 26.8 Å². The molecule has 1 amide bonds. The van der Waals surface area contributed by atoms with E-state index in [9.17, 15) is 14.7 Å². The highest BCUT2D eigenvalue weighted by Crippen LogP contribution is 2.42. The van der Waals surface area contributed by atoms with Crippen LogP contribution >= 0.6 is 0 Å². The summed E-state index contributed by atoms with van der Waals surface area (Å²) in [5.74, 6) is -0.675. The Kier molecular flexibility index (Phi) is 6.88. The van der Waals surface area contributed by atoms with Crippen LogP contribution in [0.4, 0.5) is 0 Å². The number of ether oxygens (including phenoxy) is 3. The first kappa shape index (κ1) is 23.3. The maximum Gasteiger partial charge on any atom is 0.295 e. The van der Waals surface area contributed by atoms with Gasteiger partial charge in [-0.3, -0.25) is 14.3 Å². The molecular weight excluding hydrogens is 414 g/mol. The van der Waals surface area contributed by atoms with E-state index >= 15 is 0 Å². The molecule has 1 aromatic heterocycles. The first-order valence-electron chi connectivity index (χ1n) is 10.3.